The first kappa shape index (κ1) is 25.7. The van der Waals surface area contributed by atoms with Gasteiger partial charge in [0.2, 0.25) is 5.88 Å². The van der Waals surface area contributed by atoms with Crippen molar-refractivity contribution < 1.29 is 23.4 Å². The number of aliphatic hydroxyl groups is 2. The maximum Gasteiger partial charge on any atom is 0.332 e. The second-order valence-electron chi connectivity index (χ2n) is 9.83. The van der Waals surface area contributed by atoms with Gasteiger partial charge in [-0.3, -0.25) is 4.98 Å². The van der Waals surface area contributed by atoms with Gasteiger partial charge in [-0.2, -0.15) is 8.42 Å². The second-order valence-corrected chi connectivity index (χ2v) is 17.2. The minimum Gasteiger partial charge on any atom is -0.493 e. The smallest absolute Gasteiger partial charge is 0.332 e. The van der Waals surface area contributed by atoms with Gasteiger partial charge >= 0.3 is 10.2 Å². The topological polar surface area (TPSA) is 103 Å². The molecular formula is C26H31N3O5SSi. The number of hydrogen-bond donors (Lipinski definition) is 2. The predicted octanol–water partition coefficient (Wildman–Crippen LogP) is 4.80. The molecule has 1 aliphatic heterocycles. The van der Waals surface area contributed by atoms with Crippen molar-refractivity contribution in [1.82, 2.24) is 9.29 Å². The summed E-state index contributed by atoms with van der Waals surface area (Å²) in [5.41, 5.74) is 2.10. The Morgan fingerprint density at radius 3 is 2.42 bits per heavy atom. The van der Waals surface area contributed by atoms with Crippen LogP contribution in [0.15, 0.2) is 85.0 Å². The first-order chi connectivity index (χ1) is 17.1. The fourth-order valence-corrected chi connectivity index (χ4v) is 6.26. The van der Waals surface area contributed by atoms with E-state index in [1.165, 1.54) is 6.20 Å². The van der Waals surface area contributed by atoms with E-state index in [1.807, 2.05) is 30.3 Å². The van der Waals surface area contributed by atoms with Gasteiger partial charge in [0.1, 0.15) is 24.1 Å². The van der Waals surface area contributed by atoms with Gasteiger partial charge in [0.15, 0.2) is 0 Å². The maximum atomic E-state index is 13.4. The molecule has 1 unspecified atom stereocenters. The third-order valence-corrected chi connectivity index (χ3v) is 9.27. The lowest BCUT2D eigenvalue weighted by Crippen LogP contribution is -2.37. The molecule has 3 aromatic rings. The van der Waals surface area contributed by atoms with E-state index in [-0.39, 0.29) is 30.5 Å². The molecule has 1 atom stereocenters. The summed E-state index contributed by atoms with van der Waals surface area (Å²) >= 11 is 0. The molecule has 0 bridgehead atoms. The molecule has 0 amide bonds. The van der Waals surface area contributed by atoms with Crippen molar-refractivity contribution in [2.45, 2.75) is 38.4 Å². The third-order valence-electron chi connectivity index (χ3n) is 5.82. The Labute approximate surface area is 213 Å². The van der Waals surface area contributed by atoms with Gasteiger partial charge in [0.05, 0.1) is 11.9 Å². The Morgan fingerprint density at radius 2 is 1.75 bits per heavy atom. The van der Waals surface area contributed by atoms with Crippen LogP contribution in [0, 0.1) is 0 Å². The molecule has 0 fully saturated rings. The molecule has 0 saturated heterocycles. The number of aromatic nitrogens is 1. The summed E-state index contributed by atoms with van der Waals surface area (Å²) < 4.78 is 35.0. The van der Waals surface area contributed by atoms with E-state index in [1.54, 1.807) is 42.6 Å². The van der Waals surface area contributed by atoms with Gasteiger partial charge in [-0.25, -0.2) is 8.61 Å². The van der Waals surface area contributed by atoms with Crippen LogP contribution < -0.4 is 9.04 Å². The van der Waals surface area contributed by atoms with Crippen molar-refractivity contribution in [2.24, 2.45) is 0 Å². The fraction of sp³-hybridized carbons (Fsp3) is 0.269. The van der Waals surface area contributed by atoms with Crippen molar-refractivity contribution in [2.75, 3.05) is 10.8 Å². The summed E-state index contributed by atoms with van der Waals surface area (Å²) in [6.45, 7) is 6.84. The van der Waals surface area contributed by atoms with Gasteiger partial charge in [-0.05, 0) is 41.4 Å². The zero-order chi connectivity index (χ0) is 25.9. The van der Waals surface area contributed by atoms with E-state index in [4.69, 9.17) is 4.74 Å². The fourth-order valence-electron chi connectivity index (χ4n) is 3.76. The van der Waals surface area contributed by atoms with Crippen molar-refractivity contribution in [3.05, 3.63) is 102 Å². The summed E-state index contributed by atoms with van der Waals surface area (Å²) in [6.07, 6.45) is 1.77. The molecule has 0 aliphatic carbocycles. The number of ether oxygens (including phenoxy) is 1. The number of anilines is 1. The lowest BCUT2D eigenvalue weighted by atomic mass is 10.0. The molecule has 1 aromatic heterocycles. The van der Waals surface area contributed by atoms with Crippen LogP contribution in [0.5, 0.6) is 5.75 Å². The molecule has 190 valence electrons. The van der Waals surface area contributed by atoms with E-state index in [0.717, 1.165) is 14.2 Å². The van der Waals surface area contributed by atoms with Gasteiger partial charge in [0, 0.05) is 20.8 Å². The Balaban J connectivity index is 1.69. The highest BCUT2D eigenvalue weighted by molar-refractivity contribution is 7.91. The summed E-state index contributed by atoms with van der Waals surface area (Å²) in [5.74, 6) is -0.0779. The molecule has 8 nitrogen and oxygen atoms in total. The Hall–Kier alpha value is -3.34. The van der Waals surface area contributed by atoms with E-state index in [2.05, 4.69) is 24.6 Å². The normalized spacial score (nSPS) is 16.1. The van der Waals surface area contributed by atoms with Crippen LogP contribution in [-0.2, 0) is 16.8 Å². The lowest BCUT2D eigenvalue weighted by Gasteiger charge is -2.26. The SMILES string of the molecule is C[Si](C)(C)CCN1C(O)=CN(c2ccc(C(O)c3ccccn3)cc2OCc2ccccc2)S1(=O)=O. The molecule has 4 rings (SSSR count). The van der Waals surface area contributed by atoms with Gasteiger partial charge < -0.3 is 14.9 Å². The maximum absolute atomic E-state index is 13.4. The Kier molecular flexibility index (Phi) is 7.39. The van der Waals surface area contributed by atoms with E-state index >= 15 is 0 Å². The molecule has 2 heterocycles. The Bertz CT molecular complexity index is 1330. The summed E-state index contributed by atoms with van der Waals surface area (Å²) in [6, 6.07) is 20.3. The molecule has 10 heteroatoms. The number of nitrogens with zero attached hydrogens (tertiary/aromatic N) is 3. The van der Waals surface area contributed by atoms with Crippen LogP contribution >= 0.6 is 0 Å². The van der Waals surface area contributed by atoms with Crippen LogP contribution in [0.4, 0.5) is 5.69 Å². The molecule has 1 aliphatic rings. The van der Waals surface area contributed by atoms with Gasteiger partial charge in [0.25, 0.3) is 0 Å². The highest BCUT2D eigenvalue weighted by atomic mass is 32.2. The van der Waals surface area contributed by atoms with Crippen molar-refractivity contribution >= 4 is 24.0 Å². The minimum atomic E-state index is -4.05. The molecule has 36 heavy (non-hydrogen) atoms. The van der Waals surface area contributed by atoms with Gasteiger partial charge in [-0.15, -0.1) is 0 Å². The number of aliphatic hydroxyl groups excluding tert-OH is 2. The zero-order valence-corrected chi connectivity index (χ0v) is 22.4. The van der Waals surface area contributed by atoms with Crippen molar-refractivity contribution in [3.8, 4) is 5.75 Å². The molecule has 0 radical (unpaired) electrons. The van der Waals surface area contributed by atoms with E-state index in [9.17, 15) is 18.6 Å². The molecule has 2 aromatic carbocycles. The average Bonchev–Trinajstić information content (AvgIpc) is 3.08. The first-order valence-corrected chi connectivity index (χ1v) is 16.8. The van der Waals surface area contributed by atoms with Gasteiger partial charge in [-0.1, -0.05) is 62.1 Å². The highest BCUT2D eigenvalue weighted by Crippen LogP contribution is 2.39. The zero-order valence-electron chi connectivity index (χ0n) is 20.6. The molecule has 0 spiro atoms. The van der Waals surface area contributed by atoms with Crippen LogP contribution in [0.3, 0.4) is 0 Å². The number of pyridine rings is 1. The number of rotatable bonds is 9. The molecular weight excluding hydrogens is 494 g/mol. The largest absolute Gasteiger partial charge is 0.493 e. The van der Waals surface area contributed by atoms with Crippen molar-refractivity contribution in [3.63, 3.8) is 0 Å². The minimum absolute atomic E-state index is 0.194. The quantitative estimate of drug-likeness (QED) is 0.389. The molecule has 0 saturated carbocycles. The van der Waals surface area contributed by atoms with Crippen LogP contribution in [-0.4, -0.2) is 42.5 Å². The van der Waals surface area contributed by atoms with Crippen molar-refractivity contribution in [1.29, 1.82) is 0 Å². The summed E-state index contributed by atoms with van der Waals surface area (Å²) in [5, 5.41) is 21.4. The monoisotopic (exact) mass is 525 g/mol. The van der Waals surface area contributed by atoms with Crippen LogP contribution in [0.2, 0.25) is 25.7 Å². The molecule has 2 N–H and O–H groups in total. The first-order valence-electron chi connectivity index (χ1n) is 11.7. The van der Waals surface area contributed by atoms with E-state index in [0.29, 0.717) is 17.3 Å². The highest BCUT2D eigenvalue weighted by Gasteiger charge is 2.39. The number of hydrogen-bond acceptors (Lipinski definition) is 6. The lowest BCUT2D eigenvalue weighted by molar-refractivity contribution is 0.214. The standard InChI is InChI=1S/C26H31N3O5SSi/c1-36(2,3)16-15-28-25(30)18-29(35(28,32)33)23-13-12-21(26(31)22-11-7-8-14-27-22)17-24(23)34-19-20-9-5-4-6-10-20/h4-14,17-18,26,30-31H,15-16,19H2,1-3H3. The summed E-state index contributed by atoms with van der Waals surface area (Å²) in [7, 11) is -5.60. The predicted molar refractivity (Wildman–Crippen MR) is 142 cm³/mol. The Morgan fingerprint density at radius 1 is 1.03 bits per heavy atom. The van der Waals surface area contributed by atoms with E-state index < -0.39 is 24.4 Å². The second kappa shape index (κ2) is 10.3. The average molecular weight is 526 g/mol. The summed E-state index contributed by atoms with van der Waals surface area (Å²) in [4.78, 5) is 4.22. The van der Waals surface area contributed by atoms with Crippen LogP contribution in [0.25, 0.3) is 0 Å². The number of benzene rings is 2. The third kappa shape index (κ3) is 5.72. The van der Waals surface area contributed by atoms with Crippen LogP contribution in [0.1, 0.15) is 22.9 Å².